The molecule has 80 valence electrons. The Labute approximate surface area is 83.9 Å². The lowest BCUT2D eigenvalue weighted by atomic mass is 10.2. The normalized spacial score (nSPS) is 12.5. The van der Waals surface area contributed by atoms with Gasteiger partial charge >= 0.3 is 11.9 Å². The largest absolute Gasteiger partial charge is 0.466 e. The summed E-state index contributed by atoms with van der Waals surface area (Å²) in [5.74, 6) is -0.795. The molecule has 0 bridgehead atoms. The van der Waals surface area contributed by atoms with Crippen LogP contribution in [0.4, 0.5) is 0 Å². The summed E-state index contributed by atoms with van der Waals surface area (Å²) in [5.41, 5.74) is 0. The third kappa shape index (κ3) is 6.22. The molecule has 0 N–H and O–H groups in total. The summed E-state index contributed by atoms with van der Waals surface area (Å²) >= 11 is 0. The Kier molecular flexibility index (Phi) is 6.45. The van der Waals surface area contributed by atoms with Crippen molar-refractivity contribution >= 4 is 11.9 Å². The summed E-state index contributed by atoms with van der Waals surface area (Å²) in [7, 11) is 1.30. The van der Waals surface area contributed by atoms with Crippen LogP contribution in [0, 0.1) is 0 Å². The molecule has 0 aliphatic rings. The second-order valence-corrected chi connectivity index (χ2v) is 2.82. The van der Waals surface area contributed by atoms with Gasteiger partial charge in [0, 0.05) is 13.0 Å². The molecular formula is C10H16O4. The Morgan fingerprint density at radius 2 is 2.07 bits per heavy atom. The van der Waals surface area contributed by atoms with Crippen molar-refractivity contribution in [1.29, 1.82) is 0 Å². The maximum Gasteiger partial charge on any atom is 0.330 e. The van der Waals surface area contributed by atoms with Crippen LogP contribution in [0.15, 0.2) is 12.2 Å². The molecule has 0 aromatic carbocycles. The SMILES string of the molecule is CCCC(/C=C/C(=O)OC)OC(C)=O. The van der Waals surface area contributed by atoms with E-state index in [1.165, 1.54) is 26.2 Å². The highest BCUT2D eigenvalue weighted by Crippen LogP contribution is 2.04. The molecule has 1 atom stereocenters. The number of carbonyl (C=O) groups excluding carboxylic acids is 2. The summed E-state index contributed by atoms with van der Waals surface area (Å²) in [4.78, 5) is 21.4. The first-order valence-corrected chi connectivity index (χ1v) is 4.53. The quantitative estimate of drug-likeness (QED) is 0.498. The zero-order chi connectivity index (χ0) is 11.0. The Morgan fingerprint density at radius 1 is 1.43 bits per heavy atom. The topological polar surface area (TPSA) is 52.6 Å². The third-order valence-corrected chi connectivity index (χ3v) is 1.54. The monoisotopic (exact) mass is 200 g/mol. The van der Waals surface area contributed by atoms with Gasteiger partial charge in [0.25, 0.3) is 0 Å². The number of methoxy groups -OCH3 is 1. The molecule has 0 aromatic heterocycles. The molecule has 0 saturated carbocycles. The molecule has 4 heteroatoms. The maximum atomic E-state index is 10.8. The standard InChI is InChI=1S/C10H16O4/c1-4-5-9(14-8(2)11)6-7-10(12)13-3/h6-7,9H,4-5H2,1-3H3/b7-6+. The average molecular weight is 200 g/mol. The lowest BCUT2D eigenvalue weighted by molar-refractivity contribution is -0.144. The molecule has 0 fully saturated rings. The van der Waals surface area contributed by atoms with E-state index in [-0.39, 0.29) is 12.1 Å². The van der Waals surface area contributed by atoms with Crippen molar-refractivity contribution in [1.82, 2.24) is 0 Å². The van der Waals surface area contributed by atoms with Gasteiger partial charge in [-0.15, -0.1) is 0 Å². The van der Waals surface area contributed by atoms with Gasteiger partial charge in [-0.05, 0) is 12.5 Å². The second-order valence-electron chi connectivity index (χ2n) is 2.82. The average Bonchev–Trinajstić information content (AvgIpc) is 2.13. The Hall–Kier alpha value is -1.32. The molecule has 0 saturated heterocycles. The number of ether oxygens (including phenoxy) is 2. The van der Waals surface area contributed by atoms with Crippen molar-refractivity contribution in [2.75, 3.05) is 7.11 Å². The van der Waals surface area contributed by atoms with Gasteiger partial charge in [0.1, 0.15) is 6.10 Å². The van der Waals surface area contributed by atoms with Crippen molar-refractivity contribution in [2.45, 2.75) is 32.8 Å². The highest BCUT2D eigenvalue weighted by atomic mass is 16.5. The van der Waals surface area contributed by atoms with Gasteiger partial charge in [-0.1, -0.05) is 13.3 Å². The van der Waals surface area contributed by atoms with E-state index in [0.29, 0.717) is 6.42 Å². The van der Waals surface area contributed by atoms with Crippen molar-refractivity contribution in [3.63, 3.8) is 0 Å². The maximum absolute atomic E-state index is 10.8. The first-order chi connectivity index (χ1) is 6.60. The van der Waals surface area contributed by atoms with E-state index in [1.807, 2.05) is 6.92 Å². The zero-order valence-electron chi connectivity index (χ0n) is 8.78. The van der Waals surface area contributed by atoms with Gasteiger partial charge < -0.3 is 9.47 Å². The zero-order valence-corrected chi connectivity index (χ0v) is 8.78. The molecule has 4 nitrogen and oxygen atoms in total. The highest BCUT2D eigenvalue weighted by molar-refractivity contribution is 5.81. The number of esters is 2. The fourth-order valence-corrected chi connectivity index (χ4v) is 0.946. The van der Waals surface area contributed by atoms with Crippen LogP contribution in [-0.4, -0.2) is 25.2 Å². The predicted molar refractivity (Wildman–Crippen MR) is 51.6 cm³/mol. The van der Waals surface area contributed by atoms with Crippen LogP contribution in [0.1, 0.15) is 26.7 Å². The summed E-state index contributed by atoms with van der Waals surface area (Å²) in [6, 6.07) is 0. The van der Waals surface area contributed by atoms with E-state index in [4.69, 9.17) is 4.74 Å². The smallest absolute Gasteiger partial charge is 0.330 e. The molecule has 0 radical (unpaired) electrons. The van der Waals surface area contributed by atoms with E-state index in [1.54, 1.807) is 0 Å². The minimum Gasteiger partial charge on any atom is -0.466 e. The van der Waals surface area contributed by atoms with Crippen LogP contribution >= 0.6 is 0 Å². The molecular weight excluding hydrogens is 184 g/mol. The van der Waals surface area contributed by atoms with Crippen LogP contribution in [0.2, 0.25) is 0 Å². The van der Waals surface area contributed by atoms with Crippen molar-refractivity contribution in [3.05, 3.63) is 12.2 Å². The van der Waals surface area contributed by atoms with Crippen LogP contribution in [0.5, 0.6) is 0 Å². The van der Waals surface area contributed by atoms with Crippen molar-refractivity contribution in [2.24, 2.45) is 0 Å². The predicted octanol–water partition coefficient (Wildman–Crippen LogP) is 1.45. The number of rotatable bonds is 5. The summed E-state index contributed by atoms with van der Waals surface area (Å²) in [6.45, 7) is 3.32. The Bertz CT molecular complexity index is 220. The van der Waals surface area contributed by atoms with E-state index in [9.17, 15) is 9.59 Å². The molecule has 0 aromatic rings. The summed E-state index contributed by atoms with van der Waals surface area (Å²) in [6.07, 6.45) is 4.05. The van der Waals surface area contributed by atoms with Gasteiger partial charge in [0.05, 0.1) is 7.11 Å². The molecule has 0 rings (SSSR count). The van der Waals surface area contributed by atoms with E-state index < -0.39 is 5.97 Å². The Balaban J connectivity index is 4.13. The second kappa shape index (κ2) is 7.12. The van der Waals surface area contributed by atoms with E-state index in [0.717, 1.165) is 6.42 Å². The number of hydrogen-bond donors (Lipinski definition) is 0. The van der Waals surface area contributed by atoms with E-state index >= 15 is 0 Å². The molecule has 0 aliphatic heterocycles. The van der Waals surface area contributed by atoms with Crippen molar-refractivity contribution < 1.29 is 19.1 Å². The molecule has 0 heterocycles. The van der Waals surface area contributed by atoms with Crippen LogP contribution < -0.4 is 0 Å². The number of carbonyl (C=O) groups is 2. The van der Waals surface area contributed by atoms with Crippen LogP contribution in [0.3, 0.4) is 0 Å². The lowest BCUT2D eigenvalue weighted by Gasteiger charge is -2.10. The van der Waals surface area contributed by atoms with Crippen LogP contribution in [0.25, 0.3) is 0 Å². The molecule has 0 amide bonds. The van der Waals surface area contributed by atoms with Gasteiger partial charge in [-0.2, -0.15) is 0 Å². The van der Waals surface area contributed by atoms with Gasteiger partial charge in [0.15, 0.2) is 0 Å². The summed E-state index contributed by atoms with van der Waals surface area (Å²) in [5, 5.41) is 0. The highest BCUT2D eigenvalue weighted by Gasteiger charge is 2.07. The molecule has 14 heavy (non-hydrogen) atoms. The van der Waals surface area contributed by atoms with Gasteiger partial charge in [-0.3, -0.25) is 4.79 Å². The summed E-state index contributed by atoms with van der Waals surface area (Å²) < 4.78 is 9.37. The Morgan fingerprint density at radius 3 is 2.50 bits per heavy atom. The first kappa shape index (κ1) is 12.7. The van der Waals surface area contributed by atoms with Gasteiger partial charge in [0.2, 0.25) is 0 Å². The molecule has 1 unspecified atom stereocenters. The third-order valence-electron chi connectivity index (χ3n) is 1.54. The first-order valence-electron chi connectivity index (χ1n) is 4.53. The van der Waals surface area contributed by atoms with E-state index in [2.05, 4.69) is 4.74 Å². The molecule has 0 aliphatic carbocycles. The lowest BCUT2D eigenvalue weighted by Crippen LogP contribution is -2.13. The van der Waals surface area contributed by atoms with Crippen molar-refractivity contribution in [3.8, 4) is 0 Å². The number of hydrogen-bond acceptors (Lipinski definition) is 4. The van der Waals surface area contributed by atoms with Gasteiger partial charge in [-0.25, -0.2) is 4.79 Å². The van der Waals surface area contributed by atoms with Crippen LogP contribution in [-0.2, 0) is 19.1 Å². The molecule has 0 spiro atoms. The minimum absolute atomic E-state index is 0.336. The fraction of sp³-hybridized carbons (Fsp3) is 0.600. The fourth-order valence-electron chi connectivity index (χ4n) is 0.946. The minimum atomic E-state index is -0.446.